The molecule has 5 heteroatoms. The van der Waals surface area contributed by atoms with Crippen LogP contribution in [-0.2, 0) is 4.79 Å². The van der Waals surface area contributed by atoms with E-state index in [1.807, 2.05) is 24.4 Å². The molecule has 1 fully saturated rings. The van der Waals surface area contributed by atoms with E-state index in [0.717, 1.165) is 22.9 Å². The largest absolute Gasteiger partial charge is 0.396 e. The molecule has 2 atom stereocenters. The Morgan fingerprint density at radius 3 is 2.83 bits per heavy atom. The van der Waals surface area contributed by atoms with Crippen LogP contribution in [0.3, 0.4) is 0 Å². The molecule has 0 saturated carbocycles. The summed E-state index contributed by atoms with van der Waals surface area (Å²) in [5.41, 5.74) is 2.62. The predicted octanol–water partition coefficient (Wildman–Crippen LogP) is 2.48. The van der Waals surface area contributed by atoms with Gasteiger partial charge in [0, 0.05) is 48.7 Å². The molecule has 0 spiro atoms. The van der Waals surface area contributed by atoms with Crippen molar-refractivity contribution in [2.24, 2.45) is 5.92 Å². The molecule has 2 N–H and O–H groups in total. The first-order valence-corrected chi connectivity index (χ1v) is 8.18. The van der Waals surface area contributed by atoms with Gasteiger partial charge in [0.15, 0.2) is 5.78 Å². The van der Waals surface area contributed by atoms with Crippen molar-refractivity contribution in [3.8, 4) is 0 Å². The average molecular weight is 326 g/mol. The molecule has 1 aliphatic rings. The van der Waals surface area contributed by atoms with E-state index in [-0.39, 0.29) is 30.1 Å². The molecule has 0 radical (unpaired) electrons. The average Bonchev–Trinajstić information content (AvgIpc) is 3.09. The van der Waals surface area contributed by atoms with E-state index in [1.54, 1.807) is 11.8 Å². The Labute approximate surface area is 141 Å². The van der Waals surface area contributed by atoms with Crippen molar-refractivity contribution in [1.82, 2.24) is 9.88 Å². The topological polar surface area (TPSA) is 73.4 Å². The third-order valence-corrected chi connectivity index (χ3v) is 4.86. The molecule has 1 amide bonds. The lowest BCUT2D eigenvalue weighted by atomic mass is 9.83. The molecule has 1 aromatic heterocycles. The van der Waals surface area contributed by atoms with Crippen LogP contribution in [0.5, 0.6) is 0 Å². The molecular formula is C19H22N2O3. The van der Waals surface area contributed by atoms with E-state index in [4.69, 9.17) is 0 Å². The van der Waals surface area contributed by atoms with Gasteiger partial charge in [0.1, 0.15) is 0 Å². The van der Waals surface area contributed by atoms with Gasteiger partial charge >= 0.3 is 0 Å². The maximum atomic E-state index is 12.0. The van der Waals surface area contributed by atoms with E-state index < -0.39 is 0 Å². The molecule has 1 unspecified atom stereocenters. The van der Waals surface area contributed by atoms with Gasteiger partial charge in [-0.25, -0.2) is 0 Å². The van der Waals surface area contributed by atoms with Gasteiger partial charge in [0.2, 0.25) is 5.91 Å². The monoisotopic (exact) mass is 326 g/mol. The minimum absolute atomic E-state index is 0.0225. The molecule has 3 rings (SSSR count). The second-order valence-electron chi connectivity index (χ2n) is 6.45. The van der Waals surface area contributed by atoms with Crippen molar-refractivity contribution >= 4 is 22.6 Å². The molecule has 1 saturated heterocycles. The molecule has 24 heavy (non-hydrogen) atoms. The highest BCUT2D eigenvalue weighted by molar-refractivity contribution is 6.06. The number of aliphatic hydroxyl groups excluding tert-OH is 1. The number of ketones is 1. The first kappa shape index (κ1) is 16.5. The van der Waals surface area contributed by atoms with Crippen molar-refractivity contribution in [3.63, 3.8) is 0 Å². The lowest BCUT2D eigenvalue weighted by molar-refractivity contribution is -0.128. The van der Waals surface area contributed by atoms with Crippen LogP contribution in [-0.4, -0.2) is 46.4 Å². The van der Waals surface area contributed by atoms with Crippen molar-refractivity contribution in [2.45, 2.75) is 19.3 Å². The highest BCUT2D eigenvalue weighted by Crippen LogP contribution is 2.35. The van der Waals surface area contributed by atoms with Crippen LogP contribution >= 0.6 is 0 Å². The number of amides is 1. The number of hydrogen-bond donors (Lipinski definition) is 2. The number of Topliss-reactive ketones (excluding diaryl/α,β-unsaturated/α-hetero) is 1. The van der Waals surface area contributed by atoms with Gasteiger partial charge in [0.25, 0.3) is 0 Å². The number of carbonyl (C=O) groups excluding carboxylic acids is 2. The first-order valence-electron chi connectivity index (χ1n) is 8.18. The number of rotatable bonds is 4. The molecule has 0 bridgehead atoms. The SMILES string of the molecule is C=CC(=O)N1CC(c2ccc(C(C)=O)c3[nH]ccc23)C[C@H](CO)C1. The fourth-order valence-corrected chi connectivity index (χ4v) is 3.70. The molecule has 126 valence electrons. The third kappa shape index (κ3) is 2.87. The summed E-state index contributed by atoms with van der Waals surface area (Å²) in [4.78, 5) is 28.7. The summed E-state index contributed by atoms with van der Waals surface area (Å²) in [5, 5.41) is 10.6. The van der Waals surface area contributed by atoms with Gasteiger partial charge < -0.3 is 15.0 Å². The summed E-state index contributed by atoms with van der Waals surface area (Å²) in [6.07, 6.45) is 3.97. The zero-order valence-corrected chi connectivity index (χ0v) is 13.8. The van der Waals surface area contributed by atoms with E-state index in [9.17, 15) is 14.7 Å². The van der Waals surface area contributed by atoms with Crippen molar-refractivity contribution < 1.29 is 14.7 Å². The third-order valence-electron chi connectivity index (χ3n) is 4.86. The number of hydrogen-bond acceptors (Lipinski definition) is 3. The number of benzene rings is 1. The summed E-state index contributed by atoms with van der Waals surface area (Å²) >= 11 is 0. The standard InChI is InChI=1S/C19H22N2O3/c1-3-18(24)21-9-13(11-22)8-14(10-21)16-5-4-15(12(2)23)19-17(16)6-7-20-19/h3-7,13-14,20,22H,1,8-11H2,2H3/t13-,14?/m0/s1. The van der Waals surface area contributed by atoms with Gasteiger partial charge in [-0.05, 0) is 37.1 Å². The van der Waals surface area contributed by atoms with Crippen LogP contribution in [0.25, 0.3) is 10.9 Å². The molecular weight excluding hydrogens is 304 g/mol. The minimum Gasteiger partial charge on any atom is -0.396 e. The maximum Gasteiger partial charge on any atom is 0.245 e. The predicted molar refractivity (Wildman–Crippen MR) is 93.0 cm³/mol. The molecule has 2 aromatic rings. The Bertz CT molecular complexity index is 793. The van der Waals surface area contributed by atoms with Gasteiger partial charge in [0.05, 0.1) is 5.52 Å². The van der Waals surface area contributed by atoms with Crippen molar-refractivity contribution in [2.75, 3.05) is 19.7 Å². The van der Waals surface area contributed by atoms with Crippen molar-refractivity contribution in [1.29, 1.82) is 0 Å². The summed E-state index contributed by atoms with van der Waals surface area (Å²) in [6.45, 7) is 6.33. The normalized spacial score (nSPS) is 21.0. The van der Waals surface area contributed by atoms with Gasteiger partial charge in [-0.1, -0.05) is 12.6 Å². The van der Waals surface area contributed by atoms with Crippen LogP contribution in [0.1, 0.15) is 35.2 Å². The number of H-pyrrole nitrogens is 1. The van der Waals surface area contributed by atoms with E-state index >= 15 is 0 Å². The molecule has 1 aromatic carbocycles. The summed E-state index contributed by atoms with van der Waals surface area (Å²) in [5.74, 6) is 0.0893. The lowest BCUT2D eigenvalue weighted by Gasteiger charge is -2.37. The number of carbonyl (C=O) groups is 2. The molecule has 0 aliphatic carbocycles. The number of nitrogens with one attached hydrogen (secondary N) is 1. The highest BCUT2D eigenvalue weighted by Gasteiger charge is 2.31. The number of nitrogens with zero attached hydrogens (tertiary/aromatic N) is 1. The summed E-state index contributed by atoms with van der Waals surface area (Å²) in [6, 6.07) is 5.80. The second kappa shape index (κ2) is 6.61. The Morgan fingerprint density at radius 1 is 1.38 bits per heavy atom. The smallest absolute Gasteiger partial charge is 0.245 e. The van der Waals surface area contributed by atoms with Gasteiger partial charge in [-0.2, -0.15) is 0 Å². The number of likely N-dealkylation sites (tertiary alicyclic amines) is 1. The summed E-state index contributed by atoms with van der Waals surface area (Å²) < 4.78 is 0. The van der Waals surface area contributed by atoms with E-state index in [0.29, 0.717) is 18.7 Å². The zero-order chi connectivity index (χ0) is 17.3. The zero-order valence-electron chi connectivity index (χ0n) is 13.8. The van der Waals surface area contributed by atoms with Crippen LogP contribution < -0.4 is 0 Å². The molecule has 5 nitrogen and oxygen atoms in total. The highest BCUT2D eigenvalue weighted by atomic mass is 16.3. The van der Waals surface area contributed by atoms with Gasteiger partial charge in [-0.3, -0.25) is 9.59 Å². The van der Waals surface area contributed by atoms with Crippen LogP contribution in [0, 0.1) is 5.92 Å². The Kier molecular flexibility index (Phi) is 4.53. The van der Waals surface area contributed by atoms with Gasteiger partial charge in [-0.15, -0.1) is 0 Å². The fourth-order valence-electron chi connectivity index (χ4n) is 3.70. The Balaban J connectivity index is 2.01. The molecule has 1 aliphatic heterocycles. The fraction of sp³-hybridized carbons (Fsp3) is 0.368. The van der Waals surface area contributed by atoms with E-state index in [1.165, 1.54) is 6.08 Å². The first-order chi connectivity index (χ1) is 11.5. The van der Waals surface area contributed by atoms with Crippen molar-refractivity contribution in [3.05, 3.63) is 48.2 Å². The summed E-state index contributed by atoms with van der Waals surface area (Å²) in [7, 11) is 0. The van der Waals surface area contributed by atoms with Crippen LogP contribution in [0.4, 0.5) is 0 Å². The van der Waals surface area contributed by atoms with Crippen LogP contribution in [0.2, 0.25) is 0 Å². The second-order valence-corrected chi connectivity index (χ2v) is 6.45. The number of aliphatic hydroxyl groups is 1. The number of aromatic amines is 1. The molecule has 2 heterocycles. The van der Waals surface area contributed by atoms with Crippen LogP contribution in [0.15, 0.2) is 37.1 Å². The van der Waals surface area contributed by atoms with E-state index in [2.05, 4.69) is 11.6 Å². The number of fused-ring (bicyclic) bond motifs is 1. The quantitative estimate of drug-likeness (QED) is 0.670. The minimum atomic E-state index is -0.108. The number of aromatic nitrogens is 1. The Hall–Kier alpha value is -2.40. The Morgan fingerprint density at radius 2 is 2.17 bits per heavy atom. The number of piperidine rings is 1. The maximum absolute atomic E-state index is 12.0. The lowest BCUT2D eigenvalue weighted by Crippen LogP contribution is -2.43.